The molecule has 1 fully saturated rings. The second-order valence-corrected chi connectivity index (χ2v) is 8.16. The van der Waals surface area contributed by atoms with Crippen molar-refractivity contribution in [1.82, 2.24) is 9.21 Å². The van der Waals surface area contributed by atoms with Crippen molar-refractivity contribution in [2.45, 2.75) is 4.21 Å². The first-order chi connectivity index (χ1) is 9.41. The van der Waals surface area contributed by atoms with E-state index >= 15 is 0 Å². The highest BCUT2D eigenvalue weighted by Gasteiger charge is 2.31. The van der Waals surface area contributed by atoms with E-state index in [1.54, 1.807) is 36.5 Å². The first-order valence-electron chi connectivity index (χ1n) is 6.48. The Morgan fingerprint density at radius 3 is 2.55 bits per heavy atom. The monoisotopic (exact) mass is 318 g/mol. The van der Waals surface area contributed by atoms with Gasteiger partial charge in [-0.25, -0.2) is 8.42 Å². The van der Waals surface area contributed by atoms with E-state index in [2.05, 4.69) is 0 Å². The van der Waals surface area contributed by atoms with Crippen molar-refractivity contribution in [3.8, 4) is 0 Å². The molecular weight excluding hydrogens is 298 g/mol. The Morgan fingerprint density at radius 2 is 2.05 bits per heavy atom. The van der Waals surface area contributed by atoms with Crippen molar-refractivity contribution < 1.29 is 18.1 Å². The molecule has 1 saturated heterocycles. The molecule has 0 aliphatic carbocycles. The Hall–Kier alpha value is -0.960. The lowest BCUT2D eigenvalue weighted by molar-refractivity contribution is -0.895. The summed E-state index contributed by atoms with van der Waals surface area (Å²) in [6.07, 6.45) is 0. The van der Waals surface area contributed by atoms with E-state index in [1.165, 1.54) is 15.6 Å². The molecule has 2 heterocycles. The molecule has 1 aromatic rings. The Balaban J connectivity index is 1.93. The second-order valence-electron chi connectivity index (χ2n) is 5.05. The van der Waals surface area contributed by atoms with Gasteiger partial charge in [0.2, 0.25) is 0 Å². The fraction of sp³-hybridized carbons (Fsp3) is 0.583. The number of likely N-dealkylation sites (N-methyl/N-ethyl adjacent to an activating group) is 1. The highest BCUT2D eigenvalue weighted by molar-refractivity contribution is 7.91. The molecule has 0 radical (unpaired) electrons. The highest BCUT2D eigenvalue weighted by Crippen LogP contribution is 2.20. The third kappa shape index (κ3) is 3.38. The molecule has 0 unspecified atom stereocenters. The van der Waals surface area contributed by atoms with Crippen LogP contribution in [0.3, 0.4) is 0 Å². The SMILES string of the molecule is CN(C)C(=O)C[NH+]1CCN(S(=O)(=O)c2cccs2)CC1. The molecular formula is C12H20N3O3S2+. The van der Waals surface area contributed by atoms with Crippen LogP contribution < -0.4 is 4.90 Å². The number of sulfonamides is 1. The third-order valence-corrected chi connectivity index (χ3v) is 6.69. The van der Waals surface area contributed by atoms with Gasteiger partial charge in [0.05, 0.1) is 26.2 Å². The van der Waals surface area contributed by atoms with E-state index in [0.717, 1.165) is 4.90 Å². The highest BCUT2D eigenvalue weighted by atomic mass is 32.2. The summed E-state index contributed by atoms with van der Waals surface area (Å²) in [6.45, 7) is 2.71. The number of hydrogen-bond acceptors (Lipinski definition) is 4. The summed E-state index contributed by atoms with van der Waals surface area (Å²) in [6, 6.07) is 3.38. The lowest BCUT2D eigenvalue weighted by Crippen LogP contribution is -3.15. The Kier molecular flexibility index (Phi) is 4.79. The molecule has 112 valence electrons. The Labute approximate surface area is 123 Å². The summed E-state index contributed by atoms with van der Waals surface area (Å²) in [7, 11) is 0.127. The number of thiophene rings is 1. The van der Waals surface area contributed by atoms with E-state index < -0.39 is 10.0 Å². The lowest BCUT2D eigenvalue weighted by atomic mass is 10.3. The number of nitrogens with zero attached hydrogens (tertiary/aromatic N) is 2. The average Bonchev–Trinajstić information content (AvgIpc) is 2.93. The molecule has 0 spiro atoms. The minimum Gasteiger partial charge on any atom is -0.344 e. The van der Waals surface area contributed by atoms with E-state index in [4.69, 9.17) is 0 Å². The topological polar surface area (TPSA) is 62.1 Å². The van der Waals surface area contributed by atoms with Gasteiger partial charge in [0.25, 0.3) is 15.9 Å². The zero-order valence-corrected chi connectivity index (χ0v) is 13.3. The summed E-state index contributed by atoms with van der Waals surface area (Å²) >= 11 is 1.24. The minimum atomic E-state index is -3.34. The fourth-order valence-corrected chi connectivity index (χ4v) is 4.72. The largest absolute Gasteiger partial charge is 0.344 e. The van der Waals surface area contributed by atoms with Crippen molar-refractivity contribution in [3.63, 3.8) is 0 Å². The summed E-state index contributed by atoms with van der Waals surface area (Å²) in [5, 5.41) is 1.77. The summed E-state index contributed by atoms with van der Waals surface area (Å²) in [5.74, 6) is 0.0783. The number of rotatable bonds is 4. The number of hydrogen-bond donors (Lipinski definition) is 1. The molecule has 8 heteroatoms. The first-order valence-corrected chi connectivity index (χ1v) is 8.80. The van der Waals surface area contributed by atoms with Crippen molar-refractivity contribution in [2.75, 3.05) is 46.8 Å². The van der Waals surface area contributed by atoms with Gasteiger partial charge in [-0.3, -0.25) is 4.79 Å². The van der Waals surface area contributed by atoms with Crippen molar-refractivity contribution in [1.29, 1.82) is 0 Å². The summed E-state index contributed by atoms with van der Waals surface area (Å²) in [5.41, 5.74) is 0. The molecule has 6 nitrogen and oxygen atoms in total. The zero-order chi connectivity index (χ0) is 14.8. The third-order valence-electron chi connectivity index (χ3n) is 3.42. The van der Waals surface area contributed by atoms with Gasteiger partial charge >= 0.3 is 0 Å². The maximum atomic E-state index is 12.3. The normalized spacial score (nSPS) is 18.1. The molecule has 20 heavy (non-hydrogen) atoms. The Bertz CT molecular complexity index is 547. The number of piperazine rings is 1. The maximum Gasteiger partial charge on any atom is 0.277 e. The molecule has 0 aromatic carbocycles. The van der Waals surface area contributed by atoms with E-state index in [1.807, 2.05) is 0 Å². The predicted molar refractivity (Wildman–Crippen MR) is 77.3 cm³/mol. The fourth-order valence-electron chi connectivity index (χ4n) is 2.13. The van der Waals surface area contributed by atoms with Crippen LogP contribution in [0.15, 0.2) is 21.7 Å². The smallest absolute Gasteiger partial charge is 0.277 e. The Morgan fingerprint density at radius 1 is 1.40 bits per heavy atom. The lowest BCUT2D eigenvalue weighted by Gasteiger charge is -2.31. The van der Waals surface area contributed by atoms with Crippen LogP contribution >= 0.6 is 11.3 Å². The van der Waals surface area contributed by atoms with Gasteiger partial charge in [0.15, 0.2) is 6.54 Å². The van der Waals surface area contributed by atoms with Gasteiger partial charge in [-0.1, -0.05) is 6.07 Å². The zero-order valence-electron chi connectivity index (χ0n) is 11.7. The van der Waals surface area contributed by atoms with Crippen LogP contribution in [0.5, 0.6) is 0 Å². The number of quaternary nitrogens is 1. The van der Waals surface area contributed by atoms with E-state index in [9.17, 15) is 13.2 Å². The van der Waals surface area contributed by atoms with Crippen molar-refractivity contribution >= 4 is 27.3 Å². The number of carbonyl (C=O) groups is 1. The second kappa shape index (κ2) is 6.21. The van der Waals surface area contributed by atoms with E-state index in [0.29, 0.717) is 36.9 Å². The van der Waals surface area contributed by atoms with Gasteiger partial charge in [-0.2, -0.15) is 4.31 Å². The standard InChI is InChI=1S/C12H19N3O3S2/c1-13(2)11(16)10-14-5-7-15(8-6-14)20(17,18)12-4-3-9-19-12/h3-4,9H,5-8,10H2,1-2H3/p+1. The van der Waals surface area contributed by atoms with Crippen LogP contribution in [0.2, 0.25) is 0 Å². The van der Waals surface area contributed by atoms with Crippen molar-refractivity contribution in [3.05, 3.63) is 17.5 Å². The van der Waals surface area contributed by atoms with Gasteiger partial charge in [0.1, 0.15) is 4.21 Å². The molecule has 2 rings (SSSR count). The van der Waals surface area contributed by atoms with Crippen molar-refractivity contribution in [2.24, 2.45) is 0 Å². The van der Waals surface area contributed by atoms with Crippen LogP contribution in [-0.4, -0.2) is 70.3 Å². The van der Waals surface area contributed by atoms with E-state index in [-0.39, 0.29) is 5.91 Å². The maximum absolute atomic E-state index is 12.3. The van der Waals surface area contributed by atoms with Crippen LogP contribution in [0.25, 0.3) is 0 Å². The molecule has 1 amide bonds. The van der Waals surface area contributed by atoms with Gasteiger partial charge < -0.3 is 9.80 Å². The first kappa shape index (κ1) is 15.4. The summed E-state index contributed by atoms with van der Waals surface area (Å²) in [4.78, 5) is 14.4. The average molecular weight is 318 g/mol. The number of nitrogens with one attached hydrogen (secondary N) is 1. The molecule has 0 atom stereocenters. The minimum absolute atomic E-state index is 0.0783. The van der Waals surface area contributed by atoms with Crippen LogP contribution in [0.1, 0.15) is 0 Å². The van der Waals surface area contributed by atoms with Gasteiger partial charge in [-0.15, -0.1) is 11.3 Å². The molecule has 1 aliphatic heterocycles. The van der Waals surface area contributed by atoms with Crippen LogP contribution in [0, 0.1) is 0 Å². The van der Waals surface area contributed by atoms with Crippen LogP contribution in [0.4, 0.5) is 0 Å². The number of carbonyl (C=O) groups excluding carboxylic acids is 1. The van der Waals surface area contributed by atoms with Gasteiger partial charge in [-0.05, 0) is 11.4 Å². The van der Waals surface area contributed by atoms with Gasteiger partial charge in [0, 0.05) is 14.1 Å². The molecule has 1 aliphatic rings. The molecule has 0 saturated carbocycles. The molecule has 0 bridgehead atoms. The summed E-state index contributed by atoms with van der Waals surface area (Å²) < 4.78 is 26.6. The quantitative estimate of drug-likeness (QED) is 0.753. The van der Waals surface area contributed by atoms with Crippen LogP contribution in [-0.2, 0) is 14.8 Å². The molecule has 1 N–H and O–H groups in total. The predicted octanol–water partition coefficient (Wildman–Crippen LogP) is -1.27. The number of amides is 1. The molecule has 1 aromatic heterocycles.